The number of halogens is 1. The van der Waals surface area contributed by atoms with Crippen LogP contribution in [0.4, 0.5) is 4.39 Å². The Morgan fingerprint density at radius 1 is 1.20 bits per heavy atom. The van der Waals surface area contributed by atoms with Gasteiger partial charge in [0.25, 0.3) is 0 Å². The van der Waals surface area contributed by atoms with E-state index in [1.54, 1.807) is 0 Å². The Balaban J connectivity index is 1.78. The topological polar surface area (TPSA) is 26.3 Å². The maximum absolute atomic E-state index is 13.4. The van der Waals surface area contributed by atoms with Crippen LogP contribution in [0.2, 0.25) is 0 Å². The van der Waals surface area contributed by atoms with Crippen LogP contribution in [-0.4, -0.2) is 12.9 Å². The Morgan fingerprint density at radius 3 is 2.65 bits per heavy atom. The van der Waals surface area contributed by atoms with E-state index in [-0.39, 0.29) is 17.5 Å². The summed E-state index contributed by atoms with van der Waals surface area (Å²) in [5.74, 6) is 0.0386. The van der Waals surface area contributed by atoms with Crippen molar-refractivity contribution in [3.8, 4) is 5.75 Å². The number of hydrogen-bond acceptors (Lipinski definition) is 2. The standard InChI is InChI=1S/C17H15FO2/c1-20-16-9-12(7-8-15(16)18)17(19)14-10-13(14)11-5-3-2-4-6-11/h2-9,13-14H,10H2,1H3. The van der Waals surface area contributed by atoms with Crippen LogP contribution in [0.25, 0.3) is 0 Å². The molecule has 0 aliphatic heterocycles. The van der Waals surface area contributed by atoms with Crippen molar-refractivity contribution in [3.05, 3.63) is 65.5 Å². The van der Waals surface area contributed by atoms with Crippen LogP contribution in [0.3, 0.4) is 0 Å². The van der Waals surface area contributed by atoms with Gasteiger partial charge in [0.2, 0.25) is 0 Å². The third-order valence-electron chi connectivity index (χ3n) is 3.79. The van der Waals surface area contributed by atoms with Crippen LogP contribution in [0.5, 0.6) is 5.75 Å². The van der Waals surface area contributed by atoms with E-state index in [4.69, 9.17) is 4.74 Å². The van der Waals surface area contributed by atoms with Gasteiger partial charge in [0.05, 0.1) is 7.11 Å². The Labute approximate surface area is 117 Å². The first kappa shape index (κ1) is 12.9. The molecule has 1 fully saturated rings. The molecule has 2 nitrogen and oxygen atoms in total. The molecule has 1 saturated carbocycles. The molecule has 0 spiro atoms. The monoisotopic (exact) mass is 270 g/mol. The summed E-state index contributed by atoms with van der Waals surface area (Å²) in [6.07, 6.45) is 0.864. The lowest BCUT2D eigenvalue weighted by Crippen LogP contribution is -2.04. The second-order valence-corrected chi connectivity index (χ2v) is 5.07. The van der Waals surface area contributed by atoms with Crippen molar-refractivity contribution < 1.29 is 13.9 Å². The lowest BCUT2D eigenvalue weighted by atomic mass is 10.0. The number of benzene rings is 2. The third-order valence-corrected chi connectivity index (χ3v) is 3.79. The quantitative estimate of drug-likeness (QED) is 0.789. The summed E-state index contributed by atoms with van der Waals surface area (Å²) in [5.41, 5.74) is 1.71. The highest BCUT2D eigenvalue weighted by Gasteiger charge is 2.43. The molecular formula is C17H15FO2. The number of methoxy groups -OCH3 is 1. The predicted molar refractivity (Wildman–Crippen MR) is 74.6 cm³/mol. The van der Waals surface area contributed by atoms with E-state index in [1.807, 2.05) is 30.3 Å². The van der Waals surface area contributed by atoms with Gasteiger partial charge < -0.3 is 4.74 Å². The lowest BCUT2D eigenvalue weighted by Gasteiger charge is -2.05. The molecule has 2 aromatic carbocycles. The van der Waals surface area contributed by atoms with Crippen molar-refractivity contribution in [2.45, 2.75) is 12.3 Å². The number of hydrogen-bond donors (Lipinski definition) is 0. The van der Waals surface area contributed by atoms with Crippen molar-refractivity contribution in [2.24, 2.45) is 5.92 Å². The lowest BCUT2D eigenvalue weighted by molar-refractivity contribution is 0.0965. The van der Waals surface area contributed by atoms with Crippen molar-refractivity contribution in [2.75, 3.05) is 7.11 Å². The number of rotatable bonds is 4. The van der Waals surface area contributed by atoms with Crippen LogP contribution in [-0.2, 0) is 0 Å². The molecule has 2 aromatic rings. The van der Waals surface area contributed by atoms with Crippen LogP contribution >= 0.6 is 0 Å². The fourth-order valence-electron chi connectivity index (χ4n) is 2.58. The maximum Gasteiger partial charge on any atom is 0.166 e. The molecule has 0 saturated heterocycles. The average Bonchev–Trinajstić information content (AvgIpc) is 3.28. The zero-order valence-electron chi connectivity index (χ0n) is 11.2. The minimum Gasteiger partial charge on any atom is -0.494 e. The Hall–Kier alpha value is -2.16. The van der Waals surface area contributed by atoms with Crippen molar-refractivity contribution in [1.82, 2.24) is 0 Å². The van der Waals surface area contributed by atoms with Gasteiger partial charge in [-0.2, -0.15) is 0 Å². The molecule has 0 aromatic heterocycles. The van der Waals surface area contributed by atoms with Gasteiger partial charge >= 0.3 is 0 Å². The smallest absolute Gasteiger partial charge is 0.166 e. The molecule has 1 aliphatic carbocycles. The highest BCUT2D eigenvalue weighted by Crippen LogP contribution is 2.49. The summed E-state index contributed by atoms with van der Waals surface area (Å²) in [4.78, 5) is 12.4. The van der Waals surface area contributed by atoms with Crippen LogP contribution in [0.1, 0.15) is 28.3 Å². The Morgan fingerprint density at radius 2 is 1.95 bits per heavy atom. The Bertz CT molecular complexity index is 637. The number of ketones is 1. The molecule has 0 radical (unpaired) electrons. The van der Waals surface area contributed by atoms with E-state index in [9.17, 15) is 9.18 Å². The van der Waals surface area contributed by atoms with E-state index in [0.29, 0.717) is 11.5 Å². The molecule has 3 heteroatoms. The third kappa shape index (κ3) is 2.31. The van der Waals surface area contributed by atoms with E-state index in [0.717, 1.165) is 6.42 Å². The van der Waals surface area contributed by atoms with Gasteiger partial charge in [0, 0.05) is 11.5 Å². The molecule has 0 heterocycles. The number of carbonyl (C=O) groups is 1. The summed E-state index contributed by atoms with van der Waals surface area (Å²) in [6, 6.07) is 14.3. The highest BCUT2D eigenvalue weighted by molar-refractivity contribution is 6.00. The van der Waals surface area contributed by atoms with Gasteiger partial charge in [0.15, 0.2) is 17.3 Å². The van der Waals surface area contributed by atoms with Gasteiger partial charge in [-0.3, -0.25) is 4.79 Å². The molecule has 2 atom stereocenters. The van der Waals surface area contributed by atoms with Gasteiger partial charge in [-0.15, -0.1) is 0 Å². The molecule has 102 valence electrons. The number of ether oxygens (including phenoxy) is 1. The maximum atomic E-state index is 13.4. The summed E-state index contributed by atoms with van der Waals surface area (Å²) < 4.78 is 18.3. The zero-order valence-corrected chi connectivity index (χ0v) is 11.2. The normalized spacial score (nSPS) is 20.5. The fraction of sp³-hybridized carbons (Fsp3) is 0.235. The molecule has 1 aliphatic rings. The van der Waals surface area contributed by atoms with Crippen molar-refractivity contribution in [1.29, 1.82) is 0 Å². The summed E-state index contributed by atoms with van der Waals surface area (Å²) in [5, 5.41) is 0. The Kier molecular flexibility index (Phi) is 3.26. The zero-order chi connectivity index (χ0) is 14.1. The summed E-state index contributed by atoms with van der Waals surface area (Å²) >= 11 is 0. The molecule has 20 heavy (non-hydrogen) atoms. The van der Waals surface area contributed by atoms with Crippen LogP contribution in [0, 0.1) is 11.7 Å². The van der Waals surface area contributed by atoms with E-state index in [1.165, 1.54) is 30.9 Å². The molecule has 2 unspecified atom stereocenters. The number of carbonyl (C=O) groups excluding carboxylic acids is 1. The first-order valence-electron chi connectivity index (χ1n) is 6.63. The van der Waals surface area contributed by atoms with Crippen molar-refractivity contribution in [3.63, 3.8) is 0 Å². The summed E-state index contributed by atoms with van der Waals surface area (Å²) in [7, 11) is 1.40. The first-order chi connectivity index (χ1) is 9.70. The van der Waals surface area contributed by atoms with E-state index >= 15 is 0 Å². The SMILES string of the molecule is COc1cc(C(=O)C2CC2c2ccccc2)ccc1F. The first-order valence-corrected chi connectivity index (χ1v) is 6.63. The molecule has 0 N–H and O–H groups in total. The van der Waals surface area contributed by atoms with Gasteiger partial charge in [0.1, 0.15) is 0 Å². The van der Waals surface area contributed by atoms with Gasteiger partial charge in [-0.1, -0.05) is 30.3 Å². The molecular weight excluding hydrogens is 255 g/mol. The highest BCUT2D eigenvalue weighted by atomic mass is 19.1. The van der Waals surface area contributed by atoms with Crippen LogP contribution < -0.4 is 4.74 Å². The van der Waals surface area contributed by atoms with Gasteiger partial charge in [-0.25, -0.2) is 4.39 Å². The van der Waals surface area contributed by atoms with Crippen LogP contribution in [0.15, 0.2) is 48.5 Å². The fourth-order valence-corrected chi connectivity index (χ4v) is 2.58. The second kappa shape index (κ2) is 5.08. The van der Waals surface area contributed by atoms with Gasteiger partial charge in [-0.05, 0) is 36.1 Å². The predicted octanol–water partition coefficient (Wildman–Crippen LogP) is 3.82. The number of Topliss-reactive ketones (excluding diaryl/α,β-unsaturated/α-hetero) is 1. The summed E-state index contributed by atoms with van der Waals surface area (Å²) in [6.45, 7) is 0. The van der Waals surface area contributed by atoms with E-state index in [2.05, 4.69) is 0 Å². The second-order valence-electron chi connectivity index (χ2n) is 5.07. The molecule has 3 rings (SSSR count). The van der Waals surface area contributed by atoms with E-state index < -0.39 is 5.82 Å². The van der Waals surface area contributed by atoms with Crippen molar-refractivity contribution >= 4 is 5.78 Å². The minimum atomic E-state index is -0.445. The minimum absolute atomic E-state index is 0.00701. The molecule has 0 amide bonds. The average molecular weight is 270 g/mol. The largest absolute Gasteiger partial charge is 0.494 e. The molecule has 0 bridgehead atoms.